The molecular formula is C13H19FN2O2. The minimum Gasteiger partial charge on any atom is -0.380 e. The van der Waals surface area contributed by atoms with Crippen molar-refractivity contribution in [3.63, 3.8) is 0 Å². The van der Waals surface area contributed by atoms with Gasteiger partial charge in [0.15, 0.2) is 5.82 Å². The first-order chi connectivity index (χ1) is 8.49. The van der Waals surface area contributed by atoms with Crippen LogP contribution in [0.3, 0.4) is 0 Å². The zero-order valence-electron chi connectivity index (χ0n) is 10.9. The number of nitro groups is 1. The van der Waals surface area contributed by atoms with Gasteiger partial charge < -0.3 is 5.32 Å². The molecule has 0 fully saturated rings. The van der Waals surface area contributed by atoms with Crippen LogP contribution in [-0.4, -0.2) is 11.0 Å². The van der Waals surface area contributed by atoms with Crippen molar-refractivity contribution in [2.75, 3.05) is 5.32 Å². The topological polar surface area (TPSA) is 55.2 Å². The molecule has 100 valence electrons. The number of nitro benzene ring substituents is 1. The Labute approximate surface area is 106 Å². The fraction of sp³-hybridized carbons (Fsp3) is 0.538. The molecule has 0 radical (unpaired) electrons. The second kappa shape index (κ2) is 6.33. The van der Waals surface area contributed by atoms with Crippen molar-refractivity contribution in [1.29, 1.82) is 0 Å². The Kier molecular flexibility index (Phi) is 5.07. The van der Waals surface area contributed by atoms with E-state index < -0.39 is 10.7 Å². The predicted molar refractivity (Wildman–Crippen MR) is 70.2 cm³/mol. The summed E-state index contributed by atoms with van der Waals surface area (Å²) in [6.07, 6.45) is 2.03. The fourth-order valence-electron chi connectivity index (χ4n) is 2.09. The Hall–Kier alpha value is -1.65. The Morgan fingerprint density at radius 3 is 2.44 bits per heavy atom. The standard InChI is InChI=1S/C13H19FN2O2/c1-4-10(5-2)9(3)15-13-7-6-11(16(17)18)8-12(13)14/h6-10,15H,4-5H2,1-3H3. The van der Waals surface area contributed by atoms with Gasteiger partial charge in [0.2, 0.25) is 0 Å². The van der Waals surface area contributed by atoms with E-state index in [1.807, 2.05) is 6.92 Å². The summed E-state index contributed by atoms with van der Waals surface area (Å²) >= 11 is 0. The highest BCUT2D eigenvalue weighted by atomic mass is 19.1. The first kappa shape index (κ1) is 14.4. The molecule has 1 N–H and O–H groups in total. The average Bonchev–Trinajstić information content (AvgIpc) is 2.33. The van der Waals surface area contributed by atoms with E-state index in [0.29, 0.717) is 11.6 Å². The van der Waals surface area contributed by atoms with Gasteiger partial charge in [-0.05, 0) is 18.9 Å². The van der Waals surface area contributed by atoms with Crippen molar-refractivity contribution >= 4 is 11.4 Å². The van der Waals surface area contributed by atoms with Gasteiger partial charge in [-0.15, -0.1) is 0 Å². The summed E-state index contributed by atoms with van der Waals surface area (Å²) in [5.41, 5.74) is 0.0910. The summed E-state index contributed by atoms with van der Waals surface area (Å²) in [6, 6.07) is 3.82. The maximum atomic E-state index is 13.7. The third kappa shape index (κ3) is 3.42. The molecule has 4 nitrogen and oxygen atoms in total. The van der Waals surface area contributed by atoms with Gasteiger partial charge in [-0.3, -0.25) is 10.1 Å². The number of non-ortho nitro benzene ring substituents is 1. The van der Waals surface area contributed by atoms with Gasteiger partial charge in [0.05, 0.1) is 16.7 Å². The van der Waals surface area contributed by atoms with Crippen molar-refractivity contribution in [1.82, 2.24) is 0 Å². The van der Waals surface area contributed by atoms with E-state index in [1.165, 1.54) is 12.1 Å². The van der Waals surface area contributed by atoms with Crippen molar-refractivity contribution in [2.45, 2.75) is 39.7 Å². The number of halogens is 1. The lowest BCUT2D eigenvalue weighted by Gasteiger charge is -2.23. The quantitative estimate of drug-likeness (QED) is 0.617. The van der Waals surface area contributed by atoms with E-state index in [4.69, 9.17) is 0 Å². The van der Waals surface area contributed by atoms with E-state index in [2.05, 4.69) is 19.2 Å². The van der Waals surface area contributed by atoms with Gasteiger partial charge in [-0.25, -0.2) is 4.39 Å². The number of hydrogen-bond donors (Lipinski definition) is 1. The number of anilines is 1. The van der Waals surface area contributed by atoms with Gasteiger partial charge in [0.25, 0.3) is 5.69 Å². The number of nitrogens with one attached hydrogen (secondary N) is 1. The number of rotatable bonds is 6. The van der Waals surface area contributed by atoms with Crippen LogP contribution in [0.15, 0.2) is 18.2 Å². The van der Waals surface area contributed by atoms with Gasteiger partial charge in [0, 0.05) is 12.1 Å². The van der Waals surface area contributed by atoms with Crippen LogP contribution in [0.5, 0.6) is 0 Å². The van der Waals surface area contributed by atoms with Crippen LogP contribution in [0.1, 0.15) is 33.6 Å². The molecule has 0 aliphatic carbocycles. The maximum absolute atomic E-state index is 13.7. The molecule has 0 amide bonds. The van der Waals surface area contributed by atoms with Gasteiger partial charge in [0.1, 0.15) is 0 Å². The average molecular weight is 254 g/mol. The summed E-state index contributed by atoms with van der Waals surface area (Å²) in [5.74, 6) is -0.124. The van der Waals surface area contributed by atoms with E-state index in [1.54, 1.807) is 0 Å². The molecule has 1 unspecified atom stereocenters. The van der Waals surface area contributed by atoms with Crippen LogP contribution in [-0.2, 0) is 0 Å². The Morgan fingerprint density at radius 1 is 1.39 bits per heavy atom. The first-order valence-corrected chi connectivity index (χ1v) is 6.20. The molecular weight excluding hydrogens is 235 g/mol. The van der Waals surface area contributed by atoms with Crippen LogP contribution in [0, 0.1) is 21.8 Å². The molecule has 0 saturated heterocycles. The van der Waals surface area contributed by atoms with E-state index in [-0.39, 0.29) is 11.7 Å². The number of nitrogens with zero attached hydrogens (tertiary/aromatic N) is 1. The van der Waals surface area contributed by atoms with Gasteiger partial charge in [-0.2, -0.15) is 0 Å². The largest absolute Gasteiger partial charge is 0.380 e. The third-order valence-corrected chi connectivity index (χ3v) is 3.30. The second-order valence-electron chi connectivity index (χ2n) is 4.43. The molecule has 5 heteroatoms. The number of hydrogen-bond acceptors (Lipinski definition) is 3. The van der Waals surface area contributed by atoms with Crippen molar-refractivity contribution < 1.29 is 9.31 Å². The summed E-state index contributed by atoms with van der Waals surface area (Å²) in [7, 11) is 0. The molecule has 1 aromatic rings. The van der Waals surface area contributed by atoms with Crippen molar-refractivity contribution in [3.05, 3.63) is 34.1 Å². The fourth-order valence-corrected chi connectivity index (χ4v) is 2.09. The summed E-state index contributed by atoms with van der Waals surface area (Å²) in [6.45, 7) is 6.19. The second-order valence-corrected chi connectivity index (χ2v) is 4.43. The molecule has 0 aliphatic rings. The summed E-state index contributed by atoms with van der Waals surface area (Å²) < 4.78 is 13.7. The minimum atomic E-state index is -0.600. The SMILES string of the molecule is CCC(CC)C(C)Nc1ccc([N+](=O)[O-])cc1F. The monoisotopic (exact) mass is 254 g/mol. The minimum absolute atomic E-state index is 0.135. The van der Waals surface area contributed by atoms with Crippen LogP contribution in [0.25, 0.3) is 0 Å². The summed E-state index contributed by atoms with van der Waals surface area (Å²) in [4.78, 5) is 9.91. The molecule has 1 rings (SSSR count). The lowest BCUT2D eigenvalue weighted by atomic mass is 9.95. The van der Waals surface area contributed by atoms with Crippen molar-refractivity contribution in [2.24, 2.45) is 5.92 Å². The molecule has 1 aromatic carbocycles. The number of benzene rings is 1. The van der Waals surface area contributed by atoms with Gasteiger partial charge in [-0.1, -0.05) is 26.7 Å². The molecule has 0 spiro atoms. The predicted octanol–water partition coefficient (Wildman–Crippen LogP) is 3.97. The maximum Gasteiger partial charge on any atom is 0.272 e. The van der Waals surface area contributed by atoms with Crippen LogP contribution in [0.4, 0.5) is 15.8 Å². The Balaban J connectivity index is 2.82. The highest BCUT2D eigenvalue weighted by Crippen LogP contribution is 2.23. The van der Waals surface area contributed by atoms with Gasteiger partial charge >= 0.3 is 0 Å². The van der Waals surface area contributed by atoms with E-state index >= 15 is 0 Å². The molecule has 0 saturated carbocycles. The molecule has 0 bridgehead atoms. The van der Waals surface area contributed by atoms with Crippen LogP contribution in [0.2, 0.25) is 0 Å². The van der Waals surface area contributed by atoms with E-state index in [0.717, 1.165) is 18.9 Å². The van der Waals surface area contributed by atoms with Crippen molar-refractivity contribution in [3.8, 4) is 0 Å². The molecule has 18 heavy (non-hydrogen) atoms. The smallest absolute Gasteiger partial charge is 0.272 e. The molecule has 0 heterocycles. The Bertz CT molecular complexity index is 419. The highest BCUT2D eigenvalue weighted by molar-refractivity contribution is 5.50. The molecule has 0 aliphatic heterocycles. The van der Waals surface area contributed by atoms with E-state index in [9.17, 15) is 14.5 Å². The molecule has 1 atom stereocenters. The Morgan fingerprint density at radius 2 is 2.00 bits per heavy atom. The normalized spacial score (nSPS) is 12.5. The highest BCUT2D eigenvalue weighted by Gasteiger charge is 2.16. The zero-order chi connectivity index (χ0) is 13.7. The lowest BCUT2D eigenvalue weighted by Crippen LogP contribution is -2.25. The zero-order valence-corrected chi connectivity index (χ0v) is 10.9. The third-order valence-electron chi connectivity index (χ3n) is 3.30. The van der Waals surface area contributed by atoms with Crippen LogP contribution < -0.4 is 5.32 Å². The lowest BCUT2D eigenvalue weighted by molar-refractivity contribution is -0.385. The summed E-state index contributed by atoms with van der Waals surface area (Å²) in [5, 5.41) is 13.6. The van der Waals surface area contributed by atoms with Crippen LogP contribution >= 0.6 is 0 Å². The first-order valence-electron chi connectivity index (χ1n) is 6.20. The molecule has 0 aromatic heterocycles.